The Kier molecular flexibility index (Phi) is 5.40. The van der Waals surface area contributed by atoms with Crippen molar-refractivity contribution >= 4 is 17.5 Å². The van der Waals surface area contributed by atoms with Crippen molar-refractivity contribution in [3.8, 4) is 17.0 Å². The van der Waals surface area contributed by atoms with Crippen LogP contribution in [0.5, 0.6) is 5.75 Å². The highest BCUT2D eigenvalue weighted by molar-refractivity contribution is 6.10. The molecule has 7 nitrogen and oxygen atoms in total. The Hall–Kier alpha value is -3.52. The van der Waals surface area contributed by atoms with Crippen LogP contribution < -0.4 is 20.3 Å². The molecule has 0 spiro atoms. The van der Waals surface area contributed by atoms with Crippen LogP contribution in [-0.4, -0.2) is 42.1 Å². The lowest BCUT2D eigenvalue weighted by molar-refractivity contribution is 0.0996. The van der Waals surface area contributed by atoms with E-state index in [2.05, 4.69) is 16.0 Å². The van der Waals surface area contributed by atoms with Crippen LogP contribution in [0.3, 0.4) is 0 Å². The van der Waals surface area contributed by atoms with Gasteiger partial charge in [-0.15, -0.1) is 0 Å². The van der Waals surface area contributed by atoms with Crippen LogP contribution in [0.1, 0.15) is 53.1 Å². The molecule has 6 rings (SSSR count). The first-order valence-corrected chi connectivity index (χ1v) is 12.2. The fraction of sp³-hybridized carbons (Fsp3) is 0.370. The molecule has 1 aromatic carbocycles. The lowest BCUT2D eigenvalue weighted by Gasteiger charge is -2.29. The van der Waals surface area contributed by atoms with Gasteiger partial charge in [-0.2, -0.15) is 0 Å². The zero-order valence-corrected chi connectivity index (χ0v) is 19.7. The van der Waals surface area contributed by atoms with Crippen LogP contribution in [-0.2, 0) is 6.54 Å². The molecule has 0 bridgehead atoms. The normalized spacial score (nSPS) is 19.7. The van der Waals surface area contributed by atoms with E-state index >= 15 is 0 Å². The largest absolute Gasteiger partial charge is 0.496 e. The number of anilines is 2. The van der Waals surface area contributed by atoms with Crippen LogP contribution in [0.4, 0.5) is 16.0 Å². The summed E-state index contributed by atoms with van der Waals surface area (Å²) in [5, 5.41) is 0. The van der Waals surface area contributed by atoms with E-state index in [-0.39, 0.29) is 24.1 Å². The van der Waals surface area contributed by atoms with Crippen molar-refractivity contribution < 1.29 is 13.9 Å². The smallest absolute Gasteiger partial charge is 0.260 e. The monoisotopic (exact) mass is 473 g/mol. The number of halogens is 1. The first-order valence-electron chi connectivity index (χ1n) is 12.2. The number of carbonyl (C=O) groups excluding carboxylic acids is 1. The van der Waals surface area contributed by atoms with Gasteiger partial charge >= 0.3 is 0 Å². The molecule has 0 radical (unpaired) electrons. The second-order valence-electron chi connectivity index (χ2n) is 9.63. The fourth-order valence-electron chi connectivity index (χ4n) is 5.33. The molecule has 35 heavy (non-hydrogen) atoms. The lowest BCUT2D eigenvalue weighted by Crippen LogP contribution is -2.29. The van der Waals surface area contributed by atoms with Crippen molar-refractivity contribution in [2.24, 2.45) is 5.73 Å². The number of hydrogen-bond acceptors (Lipinski definition) is 6. The van der Waals surface area contributed by atoms with E-state index in [0.717, 1.165) is 38.2 Å². The maximum atomic E-state index is 14.9. The van der Waals surface area contributed by atoms with E-state index in [1.165, 1.54) is 25.2 Å². The lowest BCUT2D eigenvalue weighted by atomic mass is 9.80. The molecule has 1 aliphatic carbocycles. The van der Waals surface area contributed by atoms with Crippen molar-refractivity contribution in [3.63, 3.8) is 0 Å². The number of pyridine rings is 2. The average Bonchev–Trinajstić information content (AvgIpc) is 3.41. The number of ether oxygens (including phenoxy) is 1. The number of carbonyl (C=O) groups is 1. The van der Waals surface area contributed by atoms with Gasteiger partial charge in [0, 0.05) is 36.5 Å². The summed E-state index contributed by atoms with van der Waals surface area (Å²) in [6.07, 6.45) is 6.00. The maximum absolute atomic E-state index is 14.9. The van der Waals surface area contributed by atoms with E-state index in [4.69, 9.17) is 15.5 Å². The third-order valence-electron chi connectivity index (χ3n) is 7.50. The number of rotatable bonds is 5. The molecule has 8 heteroatoms. The Bertz CT molecular complexity index is 1310. The highest BCUT2D eigenvalue weighted by Crippen LogP contribution is 2.42. The molecule has 3 aliphatic rings. The van der Waals surface area contributed by atoms with Gasteiger partial charge in [-0.25, -0.2) is 9.37 Å². The summed E-state index contributed by atoms with van der Waals surface area (Å²) in [6.45, 7) is 1.89. The van der Waals surface area contributed by atoms with Gasteiger partial charge in [-0.1, -0.05) is 12.5 Å². The van der Waals surface area contributed by atoms with Gasteiger partial charge in [-0.3, -0.25) is 14.7 Å². The molecule has 1 atom stereocenters. The summed E-state index contributed by atoms with van der Waals surface area (Å²) in [4.78, 5) is 26.8. The third kappa shape index (κ3) is 3.72. The predicted molar refractivity (Wildman–Crippen MR) is 132 cm³/mol. The van der Waals surface area contributed by atoms with Crippen LogP contribution in [0.15, 0.2) is 42.6 Å². The van der Waals surface area contributed by atoms with Crippen LogP contribution in [0.25, 0.3) is 11.3 Å². The number of amides is 1. The number of benzene rings is 1. The quantitative estimate of drug-likeness (QED) is 0.596. The summed E-state index contributed by atoms with van der Waals surface area (Å²) in [5.74, 6) is 1.78. The molecule has 1 unspecified atom stereocenters. The Labute approximate surface area is 203 Å². The Balaban J connectivity index is 1.41. The molecule has 2 aliphatic heterocycles. The first kappa shape index (κ1) is 22.0. The fourth-order valence-corrected chi connectivity index (χ4v) is 5.33. The zero-order chi connectivity index (χ0) is 24.1. The van der Waals surface area contributed by atoms with Gasteiger partial charge in [-0.05, 0) is 61.1 Å². The molecule has 2 N–H and O–H groups in total. The van der Waals surface area contributed by atoms with Crippen LogP contribution >= 0.6 is 0 Å². The molecular formula is C27H28FN5O2. The SMILES string of the molecule is COc1cccc(F)c1-c1nccc2c1CN(c1cc(C3CCC3)cc(N3CCC(N)C3)n1)C2=O. The predicted octanol–water partition coefficient (Wildman–Crippen LogP) is 4.26. The molecule has 3 aromatic rings. The molecule has 1 amide bonds. The van der Waals surface area contributed by atoms with Gasteiger partial charge in [0.25, 0.3) is 5.91 Å². The van der Waals surface area contributed by atoms with Crippen LogP contribution in [0, 0.1) is 5.82 Å². The number of nitrogens with two attached hydrogens (primary N) is 1. The molecule has 2 fully saturated rings. The van der Waals surface area contributed by atoms with E-state index in [0.29, 0.717) is 34.3 Å². The first-order chi connectivity index (χ1) is 17.0. The van der Waals surface area contributed by atoms with Gasteiger partial charge < -0.3 is 15.4 Å². The molecule has 2 aromatic heterocycles. The zero-order valence-electron chi connectivity index (χ0n) is 19.7. The molecule has 1 saturated carbocycles. The number of methoxy groups -OCH3 is 1. The summed E-state index contributed by atoms with van der Waals surface area (Å²) in [7, 11) is 1.50. The minimum absolute atomic E-state index is 0.134. The minimum atomic E-state index is -0.436. The van der Waals surface area contributed by atoms with Crippen molar-refractivity contribution in [1.82, 2.24) is 9.97 Å². The summed E-state index contributed by atoms with van der Waals surface area (Å²) in [6, 6.07) is 10.7. The number of fused-ring (bicyclic) bond motifs is 1. The molecular weight excluding hydrogens is 445 g/mol. The third-order valence-corrected chi connectivity index (χ3v) is 7.50. The summed E-state index contributed by atoms with van der Waals surface area (Å²) < 4.78 is 20.3. The standard InChI is InChI=1S/C27H28FN5O2/c1-35-22-7-3-6-21(28)25(22)26-20-15-33(27(34)19(20)8-10-30-26)24-13-17(16-4-2-5-16)12-23(31-24)32-11-9-18(29)14-32/h3,6-8,10,12-13,16,18H,2,4-5,9,11,14-15,29H2,1H3. The Morgan fingerprint density at radius 1 is 1.14 bits per heavy atom. The van der Waals surface area contributed by atoms with Crippen molar-refractivity contribution in [1.29, 1.82) is 0 Å². The van der Waals surface area contributed by atoms with E-state index in [1.807, 2.05) is 6.07 Å². The average molecular weight is 474 g/mol. The summed E-state index contributed by atoms with van der Waals surface area (Å²) >= 11 is 0. The summed E-state index contributed by atoms with van der Waals surface area (Å²) in [5.41, 5.74) is 9.27. The van der Waals surface area contributed by atoms with E-state index in [1.54, 1.807) is 29.3 Å². The van der Waals surface area contributed by atoms with Gasteiger partial charge in [0.2, 0.25) is 0 Å². The van der Waals surface area contributed by atoms with Crippen LogP contribution in [0.2, 0.25) is 0 Å². The van der Waals surface area contributed by atoms with E-state index in [9.17, 15) is 9.18 Å². The van der Waals surface area contributed by atoms with Crippen molar-refractivity contribution in [2.75, 3.05) is 30.0 Å². The van der Waals surface area contributed by atoms with Gasteiger partial charge in [0.15, 0.2) is 0 Å². The van der Waals surface area contributed by atoms with Gasteiger partial charge in [0.05, 0.1) is 24.9 Å². The maximum Gasteiger partial charge on any atom is 0.260 e. The molecule has 1 saturated heterocycles. The topological polar surface area (TPSA) is 84.6 Å². The van der Waals surface area contributed by atoms with Crippen molar-refractivity contribution in [2.45, 2.75) is 44.2 Å². The van der Waals surface area contributed by atoms with Gasteiger partial charge in [0.1, 0.15) is 23.2 Å². The molecule has 4 heterocycles. The molecule has 180 valence electrons. The van der Waals surface area contributed by atoms with Crippen molar-refractivity contribution in [3.05, 3.63) is 65.1 Å². The number of aromatic nitrogens is 2. The second kappa shape index (κ2) is 8.61. The number of nitrogens with zero attached hydrogens (tertiary/aromatic N) is 4. The number of hydrogen-bond donors (Lipinski definition) is 1. The Morgan fingerprint density at radius 3 is 2.69 bits per heavy atom. The van der Waals surface area contributed by atoms with E-state index < -0.39 is 5.82 Å². The highest BCUT2D eigenvalue weighted by atomic mass is 19.1. The highest BCUT2D eigenvalue weighted by Gasteiger charge is 2.35. The Morgan fingerprint density at radius 2 is 1.97 bits per heavy atom. The second-order valence-corrected chi connectivity index (χ2v) is 9.63. The minimum Gasteiger partial charge on any atom is -0.496 e.